The summed E-state index contributed by atoms with van der Waals surface area (Å²) >= 11 is 5.59. The van der Waals surface area contributed by atoms with Crippen LogP contribution in [0.4, 0.5) is 13.2 Å². The van der Waals surface area contributed by atoms with Crippen LogP contribution in [0.15, 0.2) is 29.2 Å². The molecule has 0 bridgehead atoms. The Labute approximate surface area is 115 Å². The summed E-state index contributed by atoms with van der Waals surface area (Å²) in [6, 6.07) is 0.589. The first kappa shape index (κ1) is 14.3. The minimum Gasteiger partial charge on any atom is -0.457 e. The average Bonchev–Trinajstić information content (AvgIpc) is 2.88. The Hall–Kier alpha value is -2.09. The van der Waals surface area contributed by atoms with E-state index in [2.05, 4.69) is 14.7 Å². The van der Waals surface area contributed by atoms with Gasteiger partial charge in [0.15, 0.2) is 0 Å². The van der Waals surface area contributed by atoms with Crippen LogP contribution in [-0.2, 0) is 17.5 Å². The Morgan fingerprint density at radius 2 is 2.15 bits per heavy atom. The maximum atomic E-state index is 12.5. The molecule has 5 nitrogen and oxygen atoms in total. The second-order valence-corrected chi connectivity index (χ2v) is 4.03. The van der Waals surface area contributed by atoms with Crippen molar-refractivity contribution in [1.82, 2.24) is 10.1 Å². The highest BCUT2D eigenvalue weighted by atomic mass is 35.5. The Kier molecular flexibility index (Phi) is 3.93. The number of nitrogens with zero attached hydrogens (tertiary/aromatic N) is 2. The molecule has 2 aromatic heterocycles. The molecule has 9 heteroatoms. The van der Waals surface area contributed by atoms with E-state index in [-0.39, 0.29) is 11.8 Å². The van der Waals surface area contributed by atoms with E-state index in [9.17, 15) is 18.0 Å². The van der Waals surface area contributed by atoms with E-state index in [1.807, 2.05) is 0 Å². The predicted molar refractivity (Wildman–Crippen MR) is 59.9 cm³/mol. The molecule has 0 aliphatic heterocycles. The Bertz CT molecular complexity index is 614. The molecule has 0 saturated heterocycles. The van der Waals surface area contributed by atoms with E-state index in [0.717, 1.165) is 0 Å². The summed E-state index contributed by atoms with van der Waals surface area (Å²) in [5.41, 5.74) is -1.09. The predicted octanol–water partition coefficient (Wildman–Crippen LogP) is 3.10. The fourth-order valence-corrected chi connectivity index (χ4v) is 1.45. The number of halogens is 4. The zero-order valence-electron chi connectivity index (χ0n) is 9.65. The third-order valence-electron chi connectivity index (χ3n) is 2.24. The maximum absolute atomic E-state index is 12.5. The lowest BCUT2D eigenvalue weighted by Crippen LogP contribution is -2.11. The SMILES string of the molecule is O=C(OCc1cnoc1)c1cc(C(F)(F)F)cnc1Cl. The molecule has 0 atom stereocenters. The van der Waals surface area contributed by atoms with Crippen molar-refractivity contribution < 1.29 is 27.2 Å². The molecular formula is C11H6ClF3N2O3. The van der Waals surface area contributed by atoms with Crippen molar-refractivity contribution >= 4 is 17.6 Å². The van der Waals surface area contributed by atoms with Gasteiger partial charge in [-0.15, -0.1) is 0 Å². The second-order valence-electron chi connectivity index (χ2n) is 3.67. The molecule has 0 aromatic carbocycles. The monoisotopic (exact) mass is 306 g/mol. The van der Waals surface area contributed by atoms with Gasteiger partial charge in [0.2, 0.25) is 0 Å². The molecule has 0 unspecified atom stereocenters. The van der Waals surface area contributed by atoms with E-state index in [1.54, 1.807) is 0 Å². The van der Waals surface area contributed by atoms with Crippen LogP contribution < -0.4 is 0 Å². The van der Waals surface area contributed by atoms with Crippen LogP contribution in [-0.4, -0.2) is 16.1 Å². The number of rotatable bonds is 3. The van der Waals surface area contributed by atoms with E-state index < -0.39 is 23.3 Å². The molecule has 0 fully saturated rings. The molecule has 0 aliphatic rings. The number of carbonyl (C=O) groups is 1. The summed E-state index contributed by atoms with van der Waals surface area (Å²) in [4.78, 5) is 15.0. The average molecular weight is 307 g/mol. The van der Waals surface area contributed by atoms with Gasteiger partial charge < -0.3 is 9.26 Å². The van der Waals surface area contributed by atoms with Crippen LogP contribution >= 0.6 is 11.6 Å². The number of hydrogen-bond donors (Lipinski definition) is 0. The molecule has 106 valence electrons. The van der Waals surface area contributed by atoms with Gasteiger partial charge in [0.1, 0.15) is 18.0 Å². The smallest absolute Gasteiger partial charge is 0.417 e. The maximum Gasteiger partial charge on any atom is 0.417 e. The number of aromatic nitrogens is 2. The quantitative estimate of drug-likeness (QED) is 0.644. The van der Waals surface area contributed by atoms with Crippen LogP contribution in [0.3, 0.4) is 0 Å². The molecule has 0 spiro atoms. The number of alkyl halides is 3. The van der Waals surface area contributed by atoms with Gasteiger partial charge in [0, 0.05) is 11.8 Å². The first-order valence-electron chi connectivity index (χ1n) is 5.16. The summed E-state index contributed by atoms with van der Waals surface area (Å²) in [5, 5.41) is 3.02. The number of hydrogen-bond acceptors (Lipinski definition) is 5. The van der Waals surface area contributed by atoms with Gasteiger partial charge in [0.25, 0.3) is 0 Å². The van der Waals surface area contributed by atoms with Crippen molar-refractivity contribution in [3.05, 3.63) is 46.6 Å². The van der Waals surface area contributed by atoms with Crippen LogP contribution in [0.1, 0.15) is 21.5 Å². The lowest BCUT2D eigenvalue weighted by atomic mass is 10.2. The number of pyridine rings is 1. The Morgan fingerprint density at radius 1 is 1.40 bits per heavy atom. The van der Waals surface area contributed by atoms with Crippen molar-refractivity contribution in [3.63, 3.8) is 0 Å². The highest BCUT2D eigenvalue weighted by Gasteiger charge is 2.32. The zero-order valence-corrected chi connectivity index (χ0v) is 10.4. The van der Waals surface area contributed by atoms with E-state index in [1.165, 1.54) is 12.5 Å². The lowest BCUT2D eigenvalue weighted by molar-refractivity contribution is -0.137. The van der Waals surface area contributed by atoms with E-state index in [4.69, 9.17) is 16.3 Å². The molecular weight excluding hydrogens is 301 g/mol. The summed E-state index contributed by atoms with van der Waals surface area (Å²) in [6.07, 6.45) is -1.54. The van der Waals surface area contributed by atoms with Crippen LogP contribution in [0, 0.1) is 0 Å². The van der Waals surface area contributed by atoms with Gasteiger partial charge in [-0.1, -0.05) is 16.8 Å². The fraction of sp³-hybridized carbons (Fsp3) is 0.182. The standard InChI is InChI=1S/C11H6ClF3N2O3/c12-9-8(1-7(3-16-9)11(13,14)15)10(18)19-4-6-2-17-20-5-6/h1-3,5H,4H2. The number of esters is 1. The van der Waals surface area contributed by atoms with Crippen LogP contribution in [0.5, 0.6) is 0 Å². The minimum atomic E-state index is -4.62. The minimum absolute atomic E-state index is 0.199. The van der Waals surface area contributed by atoms with E-state index in [0.29, 0.717) is 17.8 Å². The van der Waals surface area contributed by atoms with Gasteiger partial charge >= 0.3 is 12.1 Å². The highest BCUT2D eigenvalue weighted by Crippen LogP contribution is 2.30. The van der Waals surface area contributed by atoms with Crippen molar-refractivity contribution in [2.24, 2.45) is 0 Å². The summed E-state index contributed by atoms with van der Waals surface area (Å²) in [5.74, 6) is -1.02. The third-order valence-corrected chi connectivity index (χ3v) is 2.54. The highest BCUT2D eigenvalue weighted by molar-refractivity contribution is 6.32. The summed E-state index contributed by atoms with van der Waals surface area (Å²) in [6.45, 7) is -0.199. The first-order valence-corrected chi connectivity index (χ1v) is 5.54. The molecule has 2 heterocycles. The first-order chi connectivity index (χ1) is 9.38. The molecule has 0 N–H and O–H groups in total. The second kappa shape index (κ2) is 5.49. The Balaban J connectivity index is 2.16. The summed E-state index contributed by atoms with van der Waals surface area (Å²) in [7, 11) is 0. The topological polar surface area (TPSA) is 65.2 Å². The molecule has 0 amide bonds. The normalized spacial score (nSPS) is 11.4. The van der Waals surface area contributed by atoms with E-state index >= 15 is 0 Å². The lowest BCUT2D eigenvalue weighted by Gasteiger charge is -2.09. The fourth-order valence-electron chi connectivity index (χ4n) is 1.27. The van der Waals surface area contributed by atoms with Crippen molar-refractivity contribution in [2.75, 3.05) is 0 Å². The van der Waals surface area contributed by atoms with Crippen molar-refractivity contribution in [3.8, 4) is 0 Å². The number of carbonyl (C=O) groups excluding carboxylic acids is 1. The molecule has 0 aliphatic carbocycles. The third kappa shape index (κ3) is 3.27. The summed E-state index contributed by atoms with van der Waals surface area (Å²) < 4.78 is 46.9. The van der Waals surface area contributed by atoms with Gasteiger partial charge in [0.05, 0.1) is 17.3 Å². The Morgan fingerprint density at radius 3 is 2.75 bits per heavy atom. The zero-order chi connectivity index (χ0) is 14.8. The van der Waals surface area contributed by atoms with Crippen LogP contribution in [0.25, 0.3) is 0 Å². The van der Waals surface area contributed by atoms with Crippen molar-refractivity contribution in [2.45, 2.75) is 12.8 Å². The molecule has 20 heavy (non-hydrogen) atoms. The van der Waals surface area contributed by atoms with Gasteiger partial charge in [-0.2, -0.15) is 13.2 Å². The number of ether oxygens (including phenoxy) is 1. The largest absolute Gasteiger partial charge is 0.457 e. The molecule has 0 saturated carbocycles. The molecule has 0 radical (unpaired) electrons. The van der Waals surface area contributed by atoms with Gasteiger partial charge in [-0.3, -0.25) is 0 Å². The van der Waals surface area contributed by atoms with Crippen LogP contribution in [0.2, 0.25) is 5.15 Å². The van der Waals surface area contributed by atoms with Crippen molar-refractivity contribution in [1.29, 1.82) is 0 Å². The van der Waals surface area contributed by atoms with Gasteiger partial charge in [-0.25, -0.2) is 9.78 Å². The molecule has 2 aromatic rings. The van der Waals surface area contributed by atoms with Gasteiger partial charge in [-0.05, 0) is 6.07 Å². The molecule has 2 rings (SSSR count).